The quantitative estimate of drug-likeness (QED) is 0.597. The van der Waals surface area contributed by atoms with Crippen LogP contribution in [0.1, 0.15) is 45.1 Å². The molecule has 5 nitrogen and oxygen atoms in total. The fourth-order valence-electron chi connectivity index (χ4n) is 2.76. The van der Waals surface area contributed by atoms with E-state index in [1.165, 1.54) is 7.11 Å². The number of ether oxygens (including phenoxy) is 2. The van der Waals surface area contributed by atoms with Crippen LogP contribution in [0.15, 0.2) is 18.2 Å². The number of amides is 1. The number of esters is 1. The fraction of sp³-hybridized carbons (Fsp3) is 0.556. The summed E-state index contributed by atoms with van der Waals surface area (Å²) < 4.78 is 10.6. The number of unbranched alkanes of at least 4 members (excludes halogenated alkanes) is 1. The van der Waals surface area contributed by atoms with E-state index in [2.05, 4.69) is 11.7 Å². The second-order valence-electron chi connectivity index (χ2n) is 5.86. The van der Waals surface area contributed by atoms with Crippen molar-refractivity contribution >= 4 is 17.6 Å². The molecule has 126 valence electrons. The van der Waals surface area contributed by atoms with Crippen molar-refractivity contribution in [2.24, 2.45) is 0 Å². The van der Waals surface area contributed by atoms with E-state index in [9.17, 15) is 9.59 Å². The summed E-state index contributed by atoms with van der Waals surface area (Å²) in [4.78, 5) is 24.8. The average molecular weight is 319 g/mol. The van der Waals surface area contributed by atoms with E-state index >= 15 is 0 Å². The summed E-state index contributed by atoms with van der Waals surface area (Å²) in [5.41, 5.74) is 2.01. The number of hydrogen-bond donors (Lipinski definition) is 0. The van der Waals surface area contributed by atoms with Crippen LogP contribution in [0.25, 0.3) is 0 Å². The lowest BCUT2D eigenvalue weighted by atomic mass is 10.0. The molecule has 5 heteroatoms. The second-order valence-corrected chi connectivity index (χ2v) is 5.86. The summed E-state index contributed by atoms with van der Waals surface area (Å²) in [6.45, 7) is 4.25. The van der Waals surface area contributed by atoms with Gasteiger partial charge < -0.3 is 14.4 Å². The molecule has 1 atom stereocenters. The molecule has 0 saturated carbocycles. The lowest BCUT2D eigenvalue weighted by molar-refractivity contribution is -0.140. The molecule has 1 unspecified atom stereocenters. The zero-order valence-corrected chi connectivity index (χ0v) is 14.1. The molecule has 1 aliphatic rings. The van der Waals surface area contributed by atoms with Crippen LogP contribution >= 0.6 is 0 Å². The first-order chi connectivity index (χ1) is 11.0. The molecule has 2 rings (SSSR count). The number of aryl methyl sites for hydroxylation is 1. The molecule has 1 aromatic rings. The van der Waals surface area contributed by atoms with E-state index in [1.54, 1.807) is 11.8 Å². The van der Waals surface area contributed by atoms with Crippen LogP contribution in [0.3, 0.4) is 0 Å². The van der Waals surface area contributed by atoms with Gasteiger partial charge in [-0.25, -0.2) is 0 Å². The van der Waals surface area contributed by atoms with Gasteiger partial charge in [0.15, 0.2) is 0 Å². The molecule has 1 aromatic carbocycles. The van der Waals surface area contributed by atoms with Gasteiger partial charge in [0.25, 0.3) is 0 Å². The van der Waals surface area contributed by atoms with E-state index in [4.69, 9.17) is 4.74 Å². The molecule has 0 N–H and O–H groups in total. The zero-order chi connectivity index (χ0) is 16.8. The Kier molecular flexibility index (Phi) is 6.02. The van der Waals surface area contributed by atoms with Gasteiger partial charge in [0.2, 0.25) is 5.91 Å². The van der Waals surface area contributed by atoms with Crippen molar-refractivity contribution in [1.82, 2.24) is 0 Å². The molecular formula is C18H25NO4. The van der Waals surface area contributed by atoms with E-state index in [0.29, 0.717) is 13.0 Å². The molecule has 0 aliphatic carbocycles. The van der Waals surface area contributed by atoms with Crippen LogP contribution in [0, 0.1) is 0 Å². The Morgan fingerprint density at radius 3 is 2.78 bits per heavy atom. The minimum atomic E-state index is -0.169. The number of carbonyl (C=O) groups excluding carboxylic acids is 2. The Labute approximate surface area is 137 Å². The topological polar surface area (TPSA) is 55.8 Å². The van der Waals surface area contributed by atoms with E-state index in [-0.39, 0.29) is 18.0 Å². The second kappa shape index (κ2) is 7.99. The number of rotatable bonds is 6. The average Bonchev–Trinajstić information content (AvgIpc) is 2.57. The molecular weight excluding hydrogens is 294 g/mol. The molecule has 0 bridgehead atoms. The predicted octanol–water partition coefficient (Wildman–Crippen LogP) is 3.10. The molecule has 0 radical (unpaired) electrons. The van der Waals surface area contributed by atoms with E-state index in [0.717, 1.165) is 42.7 Å². The van der Waals surface area contributed by atoms with Gasteiger partial charge in [-0.3, -0.25) is 9.59 Å². The van der Waals surface area contributed by atoms with Gasteiger partial charge in [0.05, 0.1) is 19.3 Å². The Hall–Kier alpha value is -2.04. The van der Waals surface area contributed by atoms with Gasteiger partial charge in [-0.05, 0) is 43.4 Å². The minimum Gasteiger partial charge on any atom is -0.486 e. The standard InChI is InChI=1S/C18H25NO4/c1-4-15-12-19(13(2)20)16-11-14(9-10-17(16)23-15)7-5-6-8-18(21)22-3/h9-11,15H,4-8,12H2,1-3H3. The summed E-state index contributed by atoms with van der Waals surface area (Å²) in [5.74, 6) is 0.643. The maximum Gasteiger partial charge on any atom is 0.305 e. The van der Waals surface area contributed by atoms with Gasteiger partial charge in [-0.1, -0.05) is 13.0 Å². The number of carbonyl (C=O) groups is 2. The van der Waals surface area contributed by atoms with Crippen LogP contribution in [0.5, 0.6) is 5.75 Å². The number of fused-ring (bicyclic) bond motifs is 1. The smallest absolute Gasteiger partial charge is 0.305 e. The van der Waals surface area contributed by atoms with E-state index in [1.807, 2.05) is 18.2 Å². The van der Waals surface area contributed by atoms with Crippen LogP contribution in [0.4, 0.5) is 5.69 Å². The van der Waals surface area contributed by atoms with Gasteiger partial charge in [0, 0.05) is 13.3 Å². The molecule has 0 aromatic heterocycles. The summed E-state index contributed by atoms with van der Waals surface area (Å²) >= 11 is 0. The number of nitrogens with zero attached hydrogens (tertiary/aromatic N) is 1. The Bertz CT molecular complexity index is 570. The summed E-state index contributed by atoms with van der Waals surface area (Å²) in [6.07, 6.45) is 3.95. The van der Waals surface area contributed by atoms with Gasteiger partial charge in [0.1, 0.15) is 11.9 Å². The number of hydrogen-bond acceptors (Lipinski definition) is 4. The highest BCUT2D eigenvalue weighted by molar-refractivity contribution is 5.93. The maximum atomic E-state index is 11.9. The van der Waals surface area contributed by atoms with Crippen LogP contribution in [0.2, 0.25) is 0 Å². The third-order valence-electron chi connectivity index (χ3n) is 4.15. The Morgan fingerprint density at radius 2 is 2.13 bits per heavy atom. The highest BCUT2D eigenvalue weighted by Crippen LogP contribution is 2.35. The molecule has 23 heavy (non-hydrogen) atoms. The van der Waals surface area contributed by atoms with Gasteiger partial charge in [-0.15, -0.1) is 0 Å². The van der Waals surface area contributed by atoms with Crippen molar-refractivity contribution < 1.29 is 19.1 Å². The SMILES string of the molecule is CCC1CN(C(C)=O)c2cc(CCCCC(=O)OC)ccc2O1. The highest BCUT2D eigenvalue weighted by Gasteiger charge is 2.27. The first-order valence-corrected chi connectivity index (χ1v) is 8.19. The van der Waals surface area contributed by atoms with Crippen LogP contribution in [-0.2, 0) is 20.7 Å². The molecule has 1 aliphatic heterocycles. The van der Waals surface area contributed by atoms with Crippen molar-refractivity contribution in [1.29, 1.82) is 0 Å². The van der Waals surface area contributed by atoms with E-state index < -0.39 is 0 Å². The van der Waals surface area contributed by atoms with Gasteiger partial charge >= 0.3 is 5.97 Å². The van der Waals surface area contributed by atoms with Crippen molar-refractivity contribution in [3.63, 3.8) is 0 Å². The molecule has 1 amide bonds. The Balaban J connectivity index is 2.04. The first-order valence-electron chi connectivity index (χ1n) is 8.19. The van der Waals surface area contributed by atoms with Gasteiger partial charge in [-0.2, -0.15) is 0 Å². The normalized spacial score (nSPS) is 16.5. The number of benzene rings is 1. The molecule has 0 saturated heterocycles. The van der Waals surface area contributed by atoms with Crippen molar-refractivity contribution in [3.05, 3.63) is 23.8 Å². The van der Waals surface area contributed by atoms with Crippen molar-refractivity contribution in [2.45, 2.75) is 52.1 Å². The monoisotopic (exact) mass is 319 g/mol. The van der Waals surface area contributed by atoms with Crippen molar-refractivity contribution in [2.75, 3.05) is 18.6 Å². The summed E-state index contributed by atoms with van der Waals surface area (Å²) in [7, 11) is 1.41. The molecule has 0 spiro atoms. The minimum absolute atomic E-state index is 0.0378. The summed E-state index contributed by atoms with van der Waals surface area (Å²) in [6, 6.07) is 6.01. The van der Waals surface area contributed by atoms with Crippen LogP contribution in [-0.4, -0.2) is 31.6 Å². The largest absolute Gasteiger partial charge is 0.486 e. The molecule has 1 heterocycles. The lowest BCUT2D eigenvalue weighted by Gasteiger charge is -2.34. The zero-order valence-electron chi connectivity index (χ0n) is 14.1. The van der Waals surface area contributed by atoms with Crippen LogP contribution < -0.4 is 9.64 Å². The third-order valence-corrected chi connectivity index (χ3v) is 4.15. The maximum absolute atomic E-state index is 11.9. The summed E-state index contributed by atoms with van der Waals surface area (Å²) in [5, 5.41) is 0. The first kappa shape index (κ1) is 17.3. The third kappa shape index (κ3) is 4.47. The number of anilines is 1. The fourth-order valence-corrected chi connectivity index (χ4v) is 2.76. The van der Waals surface area contributed by atoms with Crippen molar-refractivity contribution in [3.8, 4) is 5.75 Å². The Morgan fingerprint density at radius 1 is 1.35 bits per heavy atom. The predicted molar refractivity (Wildman–Crippen MR) is 88.7 cm³/mol. The highest BCUT2D eigenvalue weighted by atomic mass is 16.5. The lowest BCUT2D eigenvalue weighted by Crippen LogP contribution is -2.42. The number of methoxy groups -OCH3 is 1. The molecule has 0 fully saturated rings.